The molecule has 0 aliphatic rings. The van der Waals surface area contributed by atoms with Gasteiger partial charge < -0.3 is 9.84 Å². The SMILES string of the molecule is COC(=O)c1cn(CC(O)C(F)(F)F)nn1. The lowest BCUT2D eigenvalue weighted by molar-refractivity contribution is -0.208. The maximum atomic E-state index is 12.0. The van der Waals surface area contributed by atoms with E-state index in [1.165, 1.54) is 0 Å². The molecule has 1 atom stereocenters. The molecule has 1 aromatic heterocycles. The Morgan fingerprint density at radius 1 is 1.69 bits per heavy atom. The second-order valence-electron chi connectivity index (χ2n) is 2.87. The van der Waals surface area contributed by atoms with Crippen LogP contribution in [0.5, 0.6) is 0 Å². The van der Waals surface area contributed by atoms with Gasteiger partial charge in [-0.3, -0.25) is 0 Å². The number of alkyl halides is 3. The number of aliphatic hydroxyl groups is 1. The van der Waals surface area contributed by atoms with Gasteiger partial charge >= 0.3 is 12.1 Å². The Balaban J connectivity index is 2.69. The molecule has 0 saturated heterocycles. The third-order valence-corrected chi connectivity index (χ3v) is 1.67. The van der Waals surface area contributed by atoms with Gasteiger partial charge in [-0.15, -0.1) is 5.10 Å². The lowest BCUT2D eigenvalue weighted by Gasteiger charge is -2.13. The van der Waals surface area contributed by atoms with Crippen molar-refractivity contribution in [3.05, 3.63) is 11.9 Å². The van der Waals surface area contributed by atoms with Gasteiger partial charge in [-0.2, -0.15) is 13.2 Å². The van der Waals surface area contributed by atoms with Crippen LogP contribution in [0.25, 0.3) is 0 Å². The zero-order valence-corrected chi connectivity index (χ0v) is 8.10. The molecule has 0 aliphatic heterocycles. The Kier molecular flexibility index (Phi) is 3.48. The average Bonchev–Trinajstić information content (AvgIpc) is 2.63. The lowest BCUT2D eigenvalue weighted by Crippen LogP contribution is -2.33. The molecule has 90 valence electrons. The molecular formula is C7H8F3N3O3. The summed E-state index contributed by atoms with van der Waals surface area (Å²) >= 11 is 0. The maximum Gasteiger partial charge on any atom is 0.416 e. The van der Waals surface area contributed by atoms with E-state index in [1.807, 2.05) is 0 Å². The molecule has 0 radical (unpaired) electrons. The largest absolute Gasteiger partial charge is 0.464 e. The Morgan fingerprint density at radius 3 is 2.81 bits per heavy atom. The van der Waals surface area contributed by atoms with Gasteiger partial charge in [0.15, 0.2) is 11.8 Å². The summed E-state index contributed by atoms with van der Waals surface area (Å²) in [6, 6.07) is 0. The van der Waals surface area contributed by atoms with E-state index in [1.54, 1.807) is 0 Å². The summed E-state index contributed by atoms with van der Waals surface area (Å²) < 4.78 is 40.9. The van der Waals surface area contributed by atoms with E-state index in [9.17, 15) is 18.0 Å². The predicted molar refractivity (Wildman–Crippen MR) is 43.4 cm³/mol. The molecule has 9 heteroatoms. The van der Waals surface area contributed by atoms with E-state index in [0.717, 1.165) is 13.3 Å². The molecule has 1 N–H and O–H groups in total. The Morgan fingerprint density at radius 2 is 2.31 bits per heavy atom. The minimum absolute atomic E-state index is 0.225. The summed E-state index contributed by atoms with van der Waals surface area (Å²) in [6.07, 6.45) is -6.34. The Labute approximate surface area is 87.6 Å². The number of rotatable bonds is 3. The van der Waals surface area contributed by atoms with Gasteiger partial charge in [0.05, 0.1) is 19.9 Å². The minimum atomic E-state index is -4.74. The quantitative estimate of drug-likeness (QED) is 0.750. The minimum Gasteiger partial charge on any atom is -0.464 e. The van der Waals surface area contributed by atoms with Crippen molar-refractivity contribution in [2.75, 3.05) is 7.11 Å². The summed E-state index contributed by atoms with van der Waals surface area (Å²) in [6.45, 7) is -0.826. The molecule has 1 unspecified atom stereocenters. The molecule has 0 aliphatic carbocycles. The molecule has 0 spiro atoms. The Hall–Kier alpha value is -1.64. The second-order valence-corrected chi connectivity index (χ2v) is 2.87. The van der Waals surface area contributed by atoms with Crippen molar-refractivity contribution in [3.63, 3.8) is 0 Å². The van der Waals surface area contributed by atoms with E-state index in [2.05, 4.69) is 15.0 Å². The monoisotopic (exact) mass is 239 g/mol. The fraction of sp³-hybridized carbons (Fsp3) is 0.571. The van der Waals surface area contributed by atoms with Crippen molar-refractivity contribution in [1.29, 1.82) is 0 Å². The number of hydrogen-bond donors (Lipinski definition) is 1. The third kappa shape index (κ3) is 2.92. The normalized spacial score (nSPS) is 13.6. The molecule has 6 nitrogen and oxygen atoms in total. The predicted octanol–water partition coefficient (Wildman–Crippen LogP) is -0.0121. The molecule has 1 heterocycles. The van der Waals surface area contributed by atoms with Crippen LogP contribution < -0.4 is 0 Å². The van der Waals surface area contributed by atoms with Gasteiger partial charge in [0.25, 0.3) is 0 Å². The molecule has 0 saturated carbocycles. The van der Waals surface area contributed by atoms with E-state index in [0.29, 0.717) is 4.68 Å². The van der Waals surface area contributed by atoms with Crippen LogP contribution in [0.2, 0.25) is 0 Å². The number of aliphatic hydroxyl groups excluding tert-OH is 1. The molecule has 16 heavy (non-hydrogen) atoms. The lowest BCUT2D eigenvalue weighted by atomic mass is 10.3. The van der Waals surface area contributed by atoms with Gasteiger partial charge in [0.1, 0.15) is 0 Å². The number of ether oxygens (including phenoxy) is 1. The average molecular weight is 239 g/mol. The standard InChI is InChI=1S/C7H8F3N3O3/c1-16-6(15)4-2-13(12-11-4)3-5(14)7(8,9)10/h2,5,14H,3H2,1H3. The van der Waals surface area contributed by atoms with Gasteiger partial charge in [0.2, 0.25) is 0 Å². The first-order chi connectivity index (χ1) is 7.34. The van der Waals surface area contributed by atoms with Crippen molar-refractivity contribution in [2.45, 2.75) is 18.8 Å². The van der Waals surface area contributed by atoms with Crippen LogP contribution in [-0.2, 0) is 11.3 Å². The number of esters is 1. The van der Waals surface area contributed by atoms with Crippen LogP contribution in [0.1, 0.15) is 10.5 Å². The fourth-order valence-electron chi connectivity index (χ4n) is 0.866. The zero-order chi connectivity index (χ0) is 12.3. The van der Waals surface area contributed by atoms with Crippen molar-refractivity contribution in [3.8, 4) is 0 Å². The second kappa shape index (κ2) is 4.47. The molecule has 0 amide bonds. The highest BCUT2D eigenvalue weighted by Gasteiger charge is 2.38. The number of carbonyl (C=O) groups excluding carboxylic acids is 1. The maximum absolute atomic E-state index is 12.0. The third-order valence-electron chi connectivity index (χ3n) is 1.67. The molecule has 1 rings (SSSR count). The molecule has 0 fully saturated rings. The van der Waals surface area contributed by atoms with Crippen LogP contribution in [0, 0.1) is 0 Å². The first-order valence-electron chi connectivity index (χ1n) is 4.08. The zero-order valence-electron chi connectivity index (χ0n) is 8.10. The number of hydrogen-bond acceptors (Lipinski definition) is 5. The number of methoxy groups -OCH3 is 1. The van der Waals surface area contributed by atoms with Crippen molar-refractivity contribution < 1.29 is 27.8 Å². The molecule has 1 aromatic rings. The fourth-order valence-corrected chi connectivity index (χ4v) is 0.866. The molecule has 0 aromatic carbocycles. The smallest absolute Gasteiger partial charge is 0.416 e. The van der Waals surface area contributed by atoms with Gasteiger partial charge in [-0.1, -0.05) is 5.21 Å². The highest BCUT2D eigenvalue weighted by Crippen LogP contribution is 2.20. The summed E-state index contributed by atoms with van der Waals surface area (Å²) in [5.74, 6) is -0.812. The van der Waals surface area contributed by atoms with Crippen molar-refractivity contribution in [1.82, 2.24) is 15.0 Å². The van der Waals surface area contributed by atoms with Crippen molar-refractivity contribution in [2.24, 2.45) is 0 Å². The van der Waals surface area contributed by atoms with Crippen LogP contribution in [-0.4, -0.2) is 45.5 Å². The van der Waals surface area contributed by atoms with Crippen LogP contribution in [0.4, 0.5) is 13.2 Å². The highest BCUT2D eigenvalue weighted by atomic mass is 19.4. The van der Waals surface area contributed by atoms with Gasteiger partial charge in [-0.05, 0) is 0 Å². The van der Waals surface area contributed by atoms with Crippen LogP contribution >= 0.6 is 0 Å². The number of halogens is 3. The number of nitrogens with zero attached hydrogens (tertiary/aromatic N) is 3. The topological polar surface area (TPSA) is 77.2 Å². The van der Waals surface area contributed by atoms with E-state index < -0.39 is 24.8 Å². The number of carbonyl (C=O) groups is 1. The summed E-state index contributed by atoms with van der Waals surface area (Å²) in [5.41, 5.74) is -0.225. The summed E-state index contributed by atoms with van der Waals surface area (Å²) in [4.78, 5) is 10.9. The van der Waals surface area contributed by atoms with Gasteiger partial charge in [-0.25, -0.2) is 9.48 Å². The van der Waals surface area contributed by atoms with E-state index in [-0.39, 0.29) is 5.69 Å². The highest BCUT2D eigenvalue weighted by molar-refractivity contribution is 5.86. The van der Waals surface area contributed by atoms with E-state index in [4.69, 9.17) is 5.11 Å². The van der Waals surface area contributed by atoms with Crippen molar-refractivity contribution >= 4 is 5.97 Å². The number of aromatic nitrogens is 3. The van der Waals surface area contributed by atoms with Gasteiger partial charge in [0, 0.05) is 0 Å². The van der Waals surface area contributed by atoms with Crippen LogP contribution in [0.15, 0.2) is 6.20 Å². The molecular weight excluding hydrogens is 231 g/mol. The molecule has 0 bridgehead atoms. The first kappa shape index (κ1) is 12.4. The van der Waals surface area contributed by atoms with E-state index >= 15 is 0 Å². The Bertz CT molecular complexity index is 376. The first-order valence-corrected chi connectivity index (χ1v) is 4.08. The summed E-state index contributed by atoms with van der Waals surface area (Å²) in [5, 5.41) is 15.2. The summed E-state index contributed by atoms with van der Waals surface area (Å²) in [7, 11) is 1.10. The van der Waals surface area contributed by atoms with Crippen LogP contribution in [0.3, 0.4) is 0 Å².